The molecule has 3 N–H and O–H groups in total. The van der Waals surface area contributed by atoms with Gasteiger partial charge in [-0.15, -0.1) is 0 Å². The van der Waals surface area contributed by atoms with Crippen LogP contribution in [0.1, 0.15) is 11.1 Å². The van der Waals surface area contributed by atoms with Gasteiger partial charge in [0, 0.05) is 54.3 Å². The lowest BCUT2D eigenvalue weighted by Crippen LogP contribution is -2.36. The van der Waals surface area contributed by atoms with E-state index in [0.29, 0.717) is 49.9 Å². The summed E-state index contributed by atoms with van der Waals surface area (Å²) in [6.45, 7) is 3.37. The zero-order valence-corrected chi connectivity index (χ0v) is 24.6. The summed E-state index contributed by atoms with van der Waals surface area (Å²) in [6, 6.07) is 17.9. The van der Waals surface area contributed by atoms with Gasteiger partial charge in [-0.2, -0.15) is 18.5 Å². The second kappa shape index (κ2) is 14.5. The maximum Gasteiger partial charge on any atom is 0.261 e. The van der Waals surface area contributed by atoms with Gasteiger partial charge in [0.2, 0.25) is 5.88 Å². The molecular weight excluding hydrogens is 562 g/mol. The second-order valence-electron chi connectivity index (χ2n) is 9.33. The number of methoxy groups -OCH3 is 2. The van der Waals surface area contributed by atoms with Crippen LogP contribution in [-0.4, -0.2) is 82.5 Å². The Balaban J connectivity index is 0.000000748. The van der Waals surface area contributed by atoms with Crippen LogP contribution in [0, 0.1) is 0 Å². The smallest absolute Gasteiger partial charge is 0.261 e. The summed E-state index contributed by atoms with van der Waals surface area (Å²) in [6.07, 6.45) is 5.17. The highest BCUT2D eigenvalue weighted by molar-refractivity contribution is 7.85. The molecule has 1 fully saturated rings. The van der Waals surface area contributed by atoms with Gasteiger partial charge in [-0.25, -0.2) is 0 Å². The number of morpholine rings is 1. The molecule has 12 nitrogen and oxygen atoms in total. The highest BCUT2D eigenvalue weighted by Crippen LogP contribution is 2.28. The average molecular weight is 598 g/mol. The Morgan fingerprint density at radius 1 is 1.10 bits per heavy atom. The zero-order valence-electron chi connectivity index (χ0n) is 23.7. The molecule has 0 unspecified atom stereocenters. The average Bonchev–Trinajstić information content (AvgIpc) is 3.39. The lowest BCUT2D eigenvalue weighted by atomic mass is 10.1. The van der Waals surface area contributed by atoms with Crippen molar-refractivity contribution in [3.63, 3.8) is 0 Å². The number of fused-ring (bicyclic) bond motifs is 1. The van der Waals surface area contributed by atoms with Crippen LogP contribution in [0.2, 0.25) is 0 Å². The zero-order chi connectivity index (χ0) is 30.0. The van der Waals surface area contributed by atoms with E-state index in [4.69, 9.17) is 28.5 Å². The molecule has 2 aromatic carbocycles. The number of aromatic nitrogens is 2. The van der Waals surface area contributed by atoms with Crippen LogP contribution in [-0.2, 0) is 21.3 Å². The Labute approximate surface area is 245 Å². The van der Waals surface area contributed by atoms with E-state index in [1.165, 1.54) is 0 Å². The minimum absolute atomic E-state index is 0.465. The molecule has 3 heterocycles. The third-order valence-electron chi connectivity index (χ3n) is 6.23. The summed E-state index contributed by atoms with van der Waals surface area (Å²) in [5, 5.41) is 5.60. The van der Waals surface area contributed by atoms with Crippen LogP contribution >= 0.6 is 0 Å². The summed E-state index contributed by atoms with van der Waals surface area (Å²) in [5.41, 5.74) is 7.12. The number of pyridine rings is 1. The fraction of sp³-hybridized carbons (Fsp3) is 0.310. The van der Waals surface area contributed by atoms with Gasteiger partial charge in [0.15, 0.2) is 11.5 Å². The molecule has 224 valence electrons. The molecule has 0 bridgehead atoms. The van der Waals surface area contributed by atoms with Crippen molar-refractivity contribution in [2.75, 3.05) is 63.7 Å². The van der Waals surface area contributed by atoms with Crippen molar-refractivity contribution in [1.29, 1.82) is 0 Å². The molecule has 4 aromatic rings. The fourth-order valence-electron chi connectivity index (χ4n) is 4.27. The number of nitrogens with zero attached hydrogens (tertiary/aromatic N) is 3. The first-order valence-electron chi connectivity index (χ1n) is 13.2. The van der Waals surface area contributed by atoms with Gasteiger partial charge >= 0.3 is 0 Å². The molecule has 13 heteroatoms. The minimum Gasteiger partial charge on any atom is -0.493 e. The van der Waals surface area contributed by atoms with Crippen molar-refractivity contribution in [3.8, 4) is 17.4 Å². The van der Waals surface area contributed by atoms with E-state index >= 15 is 0 Å². The molecule has 5 rings (SSSR count). The number of aromatic amines is 1. The van der Waals surface area contributed by atoms with Gasteiger partial charge in [0.1, 0.15) is 5.82 Å². The van der Waals surface area contributed by atoms with Crippen LogP contribution in [0.15, 0.2) is 65.9 Å². The molecule has 0 amide bonds. The summed E-state index contributed by atoms with van der Waals surface area (Å²) in [4.78, 5) is 10.2. The number of ether oxygens (including phenoxy) is 4. The molecule has 1 saturated heterocycles. The third kappa shape index (κ3) is 9.09. The number of para-hydroxylation sites is 1. The lowest BCUT2D eigenvalue weighted by Gasteiger charge is -2.28. The lowest BCUT2D eigenvalue weighted by molar-refractivity contribution is 0.122. The first kappa shape index (κ1) is 30.6. The predicted molar refractivity (Wildman–Crippen MR) is 163 cm³/mol. The van der Waals surface area contributed by atoms with Crippen LogP contribution in [0.4, 0.5) is 11.5 Å². The fourth-order valence-corrected chi connectivity index (χ4v) is 4.27. The number of H-pyrrole nitrogens is 1. The molecule has 42 heavy (non-hydrogen) atoms. The molecule has 1 aliphatic heterocycles. The highest BCUT2D eigenvalue weighted by Gasteiger charge is 2.15. The van der Waals surface area contributed by atoms with E-state index < -0.39 is 10.1 Å². The van der Waals surface area contributed by atoms with Crippen molar-refractivity contribution in [1.82, 2.24) is 9.97 Å². The maximum atomic E-state index is 9.19. The van der Waals surface area contributed by atoms with Crippen molar-refractivity contribution < 1.29 is 31.9 Å². The van der Waals surface area contributed by atoms with Crippen LogP contribution < -0.4 is 24.5 Å². The molecule has 0 atom stereocenters. The summed E-state index contributed by atoms with van der Waals surface area (Å²) < 4.78 is 48.2. The van der Waals surface area contributed by atoms with E-state index in [2.05, 4.69) is 26.5 Å². The summed E-state index contributed by atoms with van der Waals surface area (Å²) in [7, 11) is -0.404. The monoisotopic (exact) mass is 597 g/mol. The van der Waals surface area contributed by atoms with Crippen molar-refractivity contribution in [2.45, 2.75) is 6.42 Å². The Morgan fingerprint density at radius 2 is 1.83 bits per heavy atom. The predicted octanol–water partition coefficient (Wildman–Crippen LogP) is 3.99. The summed E-state index contributed by atoms with van der Waals surface area (Å²) in [5.74, 6) is 2.77. The first-order valence-corrected chi connectivity index (χ1v) is 15.0. The number of rotatable bonds is 10. The Morgan fingerprint density at radius 3 is 2.57 bits per heavy atom. The molecule has 2 aromatic heterocycles. The van der Waals surface area contributed by atoms with Crippen molar-refractivity contribution in [3.05, 3.63) is 71.9 Å². The molecule has 0 saturated carbocycles. The number of hydrogen-bond donors (Lipinski definition) is 3. The van der Waals surface area contributed by atoms with Crippen molar-refractivity contribution in [2.24, 2.45) is 5.10 Å². The van der Waals surface area contributed by atoms with E-state index in [0.717, 1.165) is 46.6 Å². The third-order valence-corrected chi connectivity index (χ3v) is 6.23. The van der Waals surface area contributed by atoms with E-state index in [1.807, 2.05) is 60.9 Å². The van der Waals surface area contributed by atoms with Crippen LogP contribution in [0.3, 0.4) is 0 Å². The molecular formula is C29H35N5O7S. The molecule has 0 spiro atoms. The topological polar surface area (TPSA) is 148 Å². The minimum atomic E-state index is -3.67. The van der Waals surface area contributed by atoms with Crippen molar-refractivity contribution >= 4 is 38.7 Å². The van der Waals surface area contributed by atoms with Gasteiger partial charge in [0.05, 0.1) is 52.2 Å². The number of hydrazone groups is 1. The van der Waals surface area contributed by atoms with E-state index in [-0.39, 0.29) is 0 Å². The molecule has 0 aliphatic carbocycles. The standard InChI is InChI=1S/C28H31N5O4.CH4O3S/c1-34-25-8-7-20(15-26(25)35-2)9-12-37-28-17-22(16-27(31-28)33-10-13-36-14-11-33)32-30-19-21-18-29-24-6-4-3-5-23(21)24;1-5(2,3)4/h3-8,15-19,29H,9-14H2,1-2H3,(H,31,32);1H3,(H,2,3,4)/b30-19+;. The number of benzene rings is 2. The number of nitrogens with one attached hydrogen (secondary N) is 2. The quantitative estimate of drug-likeness (QED) is 0.139. The molecule has 0 radical (unpaired) electrons. The van der Waals surface area contributed by atoms with Gasteiger partial charge in [-0.1, -0.05) is 24.3 Å². The normalized spacial score (nSPS) is 13.5. The van der Waals surface area contributed by atoms with E-state index in [1.54, 1.807) is 14.2 Å². The Kier molecular flexibility index (Phi) is 10.6. The van der Waals surface area contributed by atoms with Gasteiger partial charge in [0.25, 0.3) is 10.1 Å². The van der Waals surface area contributed by atoms with E-state index in [9.17, 15) is 8.42 Å². The Hall–Kier alpha value is -4.33. The van der Waals surface area contributed by atoms with Crippen LogP contribution in [0.5, 0.6) is 17.4 Å². The van der Waals surface area contributed by atoms with Gasteiger partial charge in [-0.3, -0.25) is 9.98 Å². The summed E-state index contributed by atoms with van der Waals surface area (Å²) >= 11 is 0. The second-order valence-corrected chi connectivity index (χ2v) is 10.8. The molecule has 1 aliphatic rings. The Bertz CT molecular complexity index is 1590. The largest absolute Gasteiger partial charge is 0.493 e. The SMILES string of the molecule is COc1ccc(CCOc2cc(N/N=C/c3c[nH]c4ccccc34)cc(N3CCOCC3)n2)cc1OC.CS(=O)(=O)O. The number of anilines is 2. The van der Waals surface area contributed by atoms with Crippen LogP contribution in [0.25, 0.3) is 10.9 Å². The first-order chi connectivity index (χ1) is 20.2. The number of hydrogen-bond acceptors (Lipinski definition) is 10. The van der Waals surface area contributed by atoms with Gasteiger partial charge in [-0.05, 0) is 23.8 Å². The maximum absolute atomic E-state index is 9.19. The van der Waals surface area contributed by atoms with Gasteiger partial charge < -0.3 is 28.8 Å². The highest BCUT2D eigenvalue weighted by atomic mass is 32.2.